The topological polar surface area (TPSA) is 72.9 Å². The van der Waals surface area contributed by atoms with Gasteiger partial charge in [0.15, 0.2) is 0 Å². The smallest absolute Gasteiger partial charge is 0.249 e. The van der Waals surface area contributed by atoms with E-state index in [2.05, 4.69) is 60.2 Å². The fraction of sp³-hybridized carbons (Fsp3) is 0.615. The van der Waals surface area contributed by atoms with E-state index in [1.54, 1.807) is 11.8 Å². The fourth-order valence-corrected chi connectivity index (χ4v) is 4.69. The lowest BCUT2D eigenvalue weighted by atomic mass is 9.80. The highest BCUT2D eigenvalue weighted by Crippen LogP contribution is 2.34. The second-order valence-electron chi connectivity index (χ2n) is 9.74. The number of aliphatic hydroxyl groups is 1. The standard InChI is InChI=1S/C26H37N3O3/c1-6-7-14-29-24(31)22(23(30)19(4)5)27-25(32)26(29)12-15-28(16-13-26)17-20-8-10-21(11-9-20)18(2)3/h8-11,18-19,22-23,30H,12-17H2,1-5H3,(H,27,32)/t22-,23-/m1/s1. The number of nitrogens with one attached hydrogen (secondary N) is 1. The molecular weight excluding hydrogens is 402 g/mol. The summed E-state index contributed by atoms with van der Waals surface area (Å²) >= 11 is 0. The zero-order valence-electron chi connectivity index (χ0n) is 20.0. The summed E-state index contributed by atoms with van der Waals surface area (Å²) in [6, 6.07) is 7.81. The summed E-state index contributed by atoms with van der Waals surface area (Å²) < 4.78 is 0. The van der Waals surface area contributed by atoms with Gasteiger partial charge in [0.25, 0.3) is 0 Å². The number of piperidine rings is 1. The Morgan fingerprint density at radius 2 is 1.75 bits per heavy atom. The molecule has 1 aromatic carbocycles. The lowest BCUT2D eigenvalue weighted by Crippen LogP contribution is -2.74. The Labute approximate surface area is 192 Å². The maximum absolute atomic E-state index is 13.3. The van der Waals surface area contributed by atoms with E-state index in [1.807, 2.05) is 13.8 Å². The zero-order valence-corrected chi connectivity index (χ0v) is 20.0. The SMILES string of the molecule is CC#CCN1C(=O)[C@@H]([C@H](O)C(C)C)NC(=O)C12CCN(Cc1ccc(C(C)C)cc1)CC2. The van der Waals surface area contributed by atoms with Gasteiger partial charge in [-0.3, -0.25) is 14.5 Å². The van der Waals surface area contributed by atoms with Crippen molar-refractivity contribution < 1.29 is 14.7 Å². The van der Waals surface area contributed by atoms with Crippen molar-refractivity contribution in [2.24, 2.45) is 5.92 Å². The summed E-state index contributed by atoms with van der Waals surface area (Å²) in [4.78, 5) is 30.6. The predicted octanol–water partition coefficient (Wildman–Crippen LogP) is 2.51. The lowest BCUT2D eigenvalue weighted by Gasteiger charge is -2.51. The van der Waals surface area contributed by atoms with Crippen LogP contribution in [0.25, 0.3) is 0 Å². The van der Waals surface area contributed by atoms with Crippen molar-refractivity contribution in [3.8, 4) is 11.8 Å². The minimum absolute atomic E-state index is 0.138. The van der Waals surface area contributed by atoms with E-state index in [4.69, 9.17) is 0 Å². The highest BCUT2D eigenvalue weighted by molar-refractivity contribution is 6.00. The maximum Gasteiger partial charge on any atom is 0.249 e. The molecule has 2 fully saturated rings. The molecule has 0 aliphatic carbocycles. The molecule has 2 atom stereocenters. The lowest BCUT2D eigenvalue weighted by molar-refractivity contribution is -0.164. The first-order valence-electron chi connectivity index (χ1n) is 11.7. The third-order valence-corrected chi connectivity index (χ3v) is 6.93. The molecule has 6 heteroatoms. The van der Waals surface area contributed by atoms with Crippen molar-refractivity contribution in [1.82, 2.24) is 15.1 Å². The largest absolute Gasteiger partial charge is 0.390 e. The van der Waals surface area contributed by atoms with E-state index in [-0.39, 0.29) is 24.3 Å². The Balaban J connectivity index is 1.74. The van der Waals surface area contributed by atoms with Crippen LogP contribution >= 0.6 is 0 Å². The number of nitrogens with zero attached hydrogens (tertiary/aromatic N) is 2. The molecule has 0 saturated carbocycles. The van der Waals surface area contributed by atoms with Crippen molar-refractivity contribution in [2.75, 3.05) is 19.6 Å². The first kappa shape index (κ1) is 24.3. The zero-order chi connectivity index (χ0) is 23.5. The van der Waals surface area contributed by atoms with E-state index in [0.29, 0.717) is 18.8 Å². The summed E-state index contributed by atoms with van der Waals surface area (Å²) in [7, 11) is 0. The number of likely N-dealkylation sites (tertiary alicyclic amines) is 1. The summed E-state index contributed by atoms with van der Waals surface area (Å²) in [5, 5.41) is 13.4. The molecule has 2 amide bonds. The van der Waals surface area contributed by atoms with Gasteiger partial charge in [0.2, 0.25) is 11.8 Å². The number of amides is 2. The molecule has 0 unspecified atom stereocenters. The molecule has 2 aliphatic heterocycles. The summed E-state index contributed by atoms with van der Waals surface area (Å²) in [5.41, 5.74) is 1.68. The molecule has 0 aromatic heterocycles. The number of carbonyl (C=O) groups excluding carboxylic acids is 2. The summed E-state index contributed by atoms with van der Waals surface area (Å²) in [5.74, 6) is 5.80. The molecule has 0 radical (unpaired) electrons. The molecule has 1 aromatic rings. The number of benzene rings is 1. The number of hydrogen-bond acceptors (Lipinski definition) is 4. The number of aliphatic hydroxyl groups excluding tert-OH is 1. The summed E-state index contributed by atoms with van der Waals surface area (Å²) in [6.07, 6.45) is 0.199. The van der Waals surface area contributed by atoms with Gasteiger partial charge in [-0.1, -0.05) is 57.9 Å². The van der Waals surface area contributed by atoms with E-state index in [9.17, 15) is 14.7 Å². The van der Waals surface area contributed by atoms with Gasteiger partial charge in [-0.25, -0.2) is 0 Å². The Morgan fingerprint density at radius 3 is 2.28 bits per heavy atom. The molecule has 174 valence electrons. The van der Waals surface area contributed by atoms with Crippen LogP contribution in [0, 0.1) is 17.8 Å². The van der Waals surface area contributed by atoms with Gasteiger partial charge in [-0.2, -0.15) is 0 Å². The molecule has 2 saturated heterocycles. The molecule has 0 bridgehead atoms. The molecule has 6 nitrogen and oxygen atoms in total. The van der Waals surface area contributed by atoms with Crippen LogP contribution in [0.4, 0.5) is 0 Å². The van der Waals surface area contributed by atoms with Gasteiger partial charge in [0.05, 0.1) is 12.6 Å². The molecule has 2 N–H and O–H groups in total. The van der Waals surface area contributed by atoms with Crippen LogP contribution in [0.2, 0.25) is 0 Å². The van der Waals surface area contributed by atoms with Crippen molar-refractivity contribution in [1.29, 1.82) is 0 Å². The van der Waals surface area contributed by atoms with Crippen molar-refractivity contribution >= 4 is 11.8 Å². The second kappa shape index (κ2) is 10.1. The van der Waals surface area contributed by atoms with Crippen LogP contribution in [0.15, 0.2) is 24.3 Å². The Kier molecular flexibility index (Phi) is 7.63. The average Bonchev–Trinajstić information content (AvgIpc) is 2.77. The van der Waals surface area contributed by atoms with E-state index < -0.39 is 17.7 Å². The molecular formula is C26H37N3O3. The van der Waals surface area contributed by atoms with Crippen molar-refractivity contribution in [2.45, 2.75) is 77.6 Å². The van der Waals surface area contributed by atoms with Crippen LogP contribution in [-0.2, 0) is 16.1 Å². The van der Waals surface area contributed by atoms with Gasteiger partial charge >= 0.3 is 0 Å². The van der Waals surface area contributed by atoms with Crippen LogP contribution in [-0.4, -0.2) is 64.0 Å². The highest BCUT2D eigenvalue weighted by atomic mass is 16.3. The van der Waals surface area contributed by atoms with Gasteiger partial charge in [-0.15, -0.1) is 5.92 Å². The number of piperazine rings is 1. The van der Waals surface area contributed by atoms with Crippen LogP contribution in [0.1, 0.15) is 64.5 Å². The maximum atomic E-state index is 13.3. The van der Waals surface area contributed by atoms with E-state index in [1.165, 1.54) is 11.1 Å². The van der Waals surface area contributed by atoms with Gasteiger partial charge < -0.3 is 15.3 Å². The first-order valence-corrected chi connectivity index (χ1v) is 11.7. The summed E-state index contributed by atoms with van der Waals surface area (Å²) in [6.45, 7) is 12.3. The fourth-order valence-electron chi connectivity index (χ4n) is 4.69. The normalized spacial score (nSPS) is 22.1. The van der Waals surface area contributed by atoms with Gasteiger partial charge in [-0.05, 0) is 42.7 Å². The monoisotopic (exact) mass is 439 g/mol. The van der Waals surface area contributed by atoms with Crippen LogP contribution in [0.5, 0.6) is 0 Å². The number of hydrogen-bond donors (Lipinski definition) is 2. The number of carbonyl (C=O) groups is 2. The third kappa shape index (κ3) is 4.84. The molecule has 1 spiro atoms. The van der Waals surface area contributed by atoms with Gasteiger partial charge in [0, 0.05) is 19.6 Å². The van der Waals surface area contributed by atoms with Gasteiger partial charge in [0.1, 0.15) is 11.6 Å². The molecule has 2 heterocycles. The predicted molar refractivity (Wildman–Crippen MR) is 126 cm³/mol. The quantitative estimate of drug-likeness (QED) is 0.668. The minimum atomic E-state index is -0.921. The third-order valence-electron chi connectivity index (χ3n) is 6.93. The van der Waals surface area contributed by atoms with E-state index >= 15 is 0 Å². The van der Waals surface area contributed by atoms with Crippen molar-refractivity contribution in [3.05, 3.63) is 35.4 Å². The molecule has 3 rings (SSSR count). The molecule has 2 aliphatic rings. The first-order chi connectivity index (χ1) is 15.2. The van der Waals surface area contributed by atoms with E-state index in [0.717, 1.165) is 19.6 Å². The number of rotatable bonds is 6. The Morgan fingerprint density at radius 1 is 1.12 bits per heavy atom. The average molecular weight is 440 g/mol. The van der Waals surface area contributed by atoms with Crippen LogP contribution in [0.3, 0.4) is 0 Å². The highest BCUT2D eigenvalue weighted by Gasteiger charge is 2.54. The Hall–Kier alpha value is -2.36. The van der Waals surface area contributed by atoms with Crippen molar-refractivity contribution in [3.63, 3.8) is 0 Å². The Bertz CT molecular complexity index is 874. The molecule has 32 heavy (non-hydrogen) atoms. The van der Waals surface area contributed by atoms with Crippen LogP contribution < -0.4 is 5.32 Å². The minimum Gasteiger partial charge on any atom is -0.390 e. The second-order valence-corrected chi connectivity index (χ2v) is 9.74.